The van der Waals surface area contributed by atoms with Crippen LogP contribution in [0.15, 0.2) is 34.8 Å². The fourth-order valence-corrected chi connectivity index (χ4v) is 2.11. The summed E-state index contributed by atoms with van der Waals surface area (Å²) < 4.78 is 28.3. The third-order valence-electron chi connectivity index (χ3n) is 2.59. The highest BCUT2D eigenvalue weighted by Gasteiger charge is 2.15. The number of halogens is 4. The average Bonchev–Trinajstić information content (AvgIpc) is 2.37. The number of nitrogens with two attached hydrogens (primary N) is 1. The van der Waals surface area contributed by atoms with Crippen molar-refractivity contribution in [3.8, 4) is 11.1 Å². The molecule has 5 heteroatoms. The Morgan fingerprint density at radius 2 is 1.78 bits per heavy atom. The molecule has 0 bridgehead atoms. The molecule has 2 rings (SSSR count). The van der Waals surface area contributed by atoms with Crippen LogP contribution in [0.5, 0.6) is 0 Å². The van der Waals surface area contributed by atoms with Crippen molar-refractivity contribution in [2.45, 2.75) is 6.54 Å². The molecule has 0 amide bonds. The summed E-state index contributed by atoms with van der Waals surface area (Å²) in [6.45, 7) is 0.237. The molecule has 0 heterocycles. The minimum atomic E-state index is -0.648. The first-order valence-corrected chi connectivity index (χ1v) is 6.34. The molecule has 2 aromatic carbocycles. The lowest BCUT2D eigenvalue weighted by molar-refractivity contribution is 0.615. The maximum atomic E-state index is 14.0. The van der Waals surface area contributed by atoms with E-state index >= 15 is 0 Å². The van der Waals surface area contributed by atoms with E-state index in [1.807, 2.05) is 0 Å². The van der Waals surface area contributed by atoms with E-state index in [1.54, 1.807) is 12.1 Å². The van der Waals surface area contributed by atoms with Crippen molar-refractivity contribution in [3.63, 3.8) is 0 Å². The van der Waals surface area contributed by atoms with Gasteiger partial charge in [0.25, 0.3) is 0 Å². The zero-order valence-electron chi connectivity index (χ0n) is 9.18. The summed E-state index contributed by atoms with van der Waals surface area (Å²) in [5.74, 6) is -1.17. The predicted molar refractivity (Wildman–Crippen MR) is 72.4 cm³/mol. The Labute approximate surface area is 117 Å². The van der Waals surface area contributed by atoms with Crippen LogP contribution in [0.4, 0.5) is 8.78 Å². The maximum Gasteiger partial charge on any atom is 0.150 e. The first kappa shape index (κ1) is 13.5. The van der Waals surface area contributed by atoms with Gasteiger partial charge in [-0.15, -0.1) is 0 Å². The number of rotatable bonds is 2. The van der Waals surface area contributed by atoms with E-state index in [4.69, 9.17) is 17.3 Å². The lowest BCUT2D eigenvalue weighted by atomic mass is 10.0. The summed E-state index contributed by atoms with van der Waals surface area (Å²) in [5, 5.41) is -0.0604. The molecule has 0 spiro atoms. The molecule has 0 aliphatic heterocycles. The van der Waals surface area contributed by atoms with Crippen LogP contribution in [0.2, 0.25) is 5.02 Å². The standard InChI is InChI=1S/C13H9BrClF2N/c14-10-4-3-9(13(17)12(10)15)8-2-1-7(6-18)5-11(8)16/h1-5H,6,18H2. The van der Waals surface area contributed by atoms with Crippen LogP contribution in [0.25, 0.3) is 11.1 Å². The minimum absolute atomic E-state index is 0.0604. The normalized spacial score (nSPS) is 10.7. The number of benzene rings is 2. The lowest BCUT2D eigenvalue weighted by Gasteiger charge is -2.08. The fraction of sp³-hybridized carbons (Fsp3) is 0.0769. The van der Waals surface area contributed by atoms with Crippen LogP contribution in [0.3, 0.4) is 0 Å². The van der Waals surface area contributed by atoms with Crippen LogP contribution in [0, 0.1) is 11.6 Å². The first-order valence-electron chi connectivity index (χ1n) is 5.17. The van der Waals surface area contributed by atoms with Crippen LogP contribution >= 0.6 is 27.5 Å². The van der Waals surface area contributed by atoms with Gasteiger partial charge in [0, 0.05) is 22.1 Å². The van der Waals surface area contributed by atoms with E-state index in [0.717, 1.165) is 0 Å². The van der Waals surface area contributed by atoms with Gasteiger partial charge in [-0.2, -0.15) is 0 Å². The highest BCUT2D eigenvalue weighted by molar-refractivity contribution is 9.10. The van der Waals surface area contributed by atoms with Crippen LogP contribution < -0.4 is 5.73 Å². The Hall–Kier alpha value is -0.970. The molecule has 0 unspecified atom stereocenters. The van der Waals surface area contributed by atoms with E-state index in [-0.39, 0.29) is 22.7 Å². The van der Waals surface area contributed by atoms with Gasteiger partial charge in [-0.05, 0) is 33.6 Å². The van der Waals surface area contributed by atoms with Gasteiger partial charge in [-0.3, -0.25) is 0 Å². The summed E-state index contributed by atoms with van der Waals surface area (Å²) in [6.07, 6.45) is 0. The molecular weight excluding hydrogens is 324 g/mol. The highest BCUT2D eigenvalue weighted by atomic mass is 79.9. The van der Waals surface area contributed by atoms with E-state index in [0.29, 0.717) is 10.0 Å². The quantitative estimate of drug-likeness (QED) is 0.805. The van der Waals surface area contributed by atoms with Crippen molar-refractivity contribution in [2.75, 3.05) is 0 Å². The monoisotopic (exact) mass is 331 g/mol. The fourth-order valence-electron chi connectivity index (χ4n) is 1.64. The van der Waals surface area contributed by atoms with Gasteiger partial charge in [-0.1, -0.05) is 29.8 Å². The smallest absolute Gasteiger partial charge is 0.150 e. The molecule has 1 nitrogen and oxygen atoms in total. The maximum absolute atomic E-state index is 14.0. The summed E-state index contributed by atoms with van der Waals surface area (Å²) in [6, 6.07) is 7.52. The Balaban J connectivity index is 2.59. The van der Waals surface area contributed by atoms with Crippen LogP contribution in [-0.4, -0.2) is 0 Å². The number of hydrogen-bond donors (Lipinski definition) is 1. The molecule has 94 valence electrons. The minimum Gasteiger partial charge on any atom is -0.326 e. The molecule has 0 aliphatic rings. The van der Waals surface area contributed by atoms with Crippen LogP contribution in [-0.2, 0) is 6.54 Å². The van der Waals surface area contributed by atoms with Gasteiger partial charge in [0.15, 0.2) is 5.82 Å². The molecule has 2 aromatic rings. The van der Waals surface area contributed by atoms with Crippen molar-refractivity contribution in [2.24, 2.45) is 5.73 Å². The Bertz CT molecular complexity index is 602. The first-order chi connectivity index (χ1) is 8.54. The second-order valence-corrected chi connectivity index (χ2v) is 4.97. The van der Waals surface area contributed by atoms with E-state index in [9.17, 15) is 8.78 Å². The van der Waals surface area contributed by atoms with Crippen molar-refractivity contribution in [3.05, 3.63) is 57.0 Å². The van der Waals surface area contributed by atoms with Gasteiger partial charge in [0.2, 0.25) is 0 Å². The largest absolute Gasteiger partial charge is 0.326 e. The van der Waals surface area contributed by atoms with Gasteiger partial charge in [0.05, 0.1) is 5.02 Å². The van der Waals surface area contributed by atoms with Crippen molar-refractivity contribution >= 4 is 27.5 Å². The van der Waals surface area contributed by atoms with Gasteiger partial charge in [-0.25, -0.2) is 8.78 Å². The SMILES string of the molecule is NCc1ccc(-c2ccc(Br)c(Cl)c2F)c(F)c1. The van der Waals surface area contributed by atoms with Crippen LogP contribution in [0.1, 0.15) is 5.56 Å². The summed E-state index contributed by atoms with van der Waals surface area (Å²) in [7, 11) is 0. The molecule has 18 heavy (non-hydrogen) atoms. The zero-order valence-corrected chi connectivity index (χ0v) is 11.5. The van der Waals surface area contributed by atoms with Gasteiger partial charge < -0.3 is 5.73 Å². The Kier molecular flexibility index (Phi) is 4.00. The summed E-state index contributed by atoms with van der Waals surface area (Å²) in [4.78, 5) is 0. The Morgan fingerprint density at radius 1 is 1.11 bits per heavy atom. The molecule has 0 aliphatic carbocycles. The van der Waals surface area contributed by atoms with Gasteiger partial charge in [0.1, 0.15) is 5.82 Å². The zero-order chi connectivity index (χ0) is 13.3. The van der Waals surface area contributed by atoms with Gasteiger partial charge >= 0.3 is 0 Å². The summed E-state index contributed by atoms with van der Waals surface area (Å²) >= 11 is 8.89. The average molecular weight is 333 g/mol. The van der Waals surface area contributed by atoms with Crippen molar-refractivity contribution in [1.82, 2.24) is 0 Å². The molecule has 2 N–H and O–H groups in total. The molecule has 0 radical (unpaired) electrons. The third-order valence-corrected chi connectivity index (χ3v) is 3.85. The third kappa shape index (κ3) is 2.41. The topological polar surface area (TPSA) is 26.0 Å². The van der Waals surface area contributed by atoms with E-state index < -0.39 is 11.6 Å². The predicted octanol–water partition coefficient (Wildman–Crippen LogP) is 4.51. The Morgan fingerprint density at radius 3 is 2.39 bits per heavy atom. The molecule has 0 fully saturated rings. The molecule has 0 aromatic heterocycles. The summed E-state index contributed by atoms with van der Waals surface area (Å²) in [5.41, 5.74) is 6.36. The second-order valence-electron chi connectivity index (χ2n) is 3.74. The lowest BCUT2D eigenvalue weighted by Crippen LogP contribution is -1.98. The molecule has 0 atom stereocenters. The second kappa shape index (κ2) is 5.34. The molecular formula is C13H9BrClF2N. The molecule has 0 saturated carbocycles. The van der Waals surface area contributed by atoms with E-state index in [1.165, 1.54) is 18.2 Å². The van der Waals surface area contributed by atoms with Crippen molar-refractivity contribution < 1.29 is 8.78 Å². The van der Waals surface area contributed by atoms with Crippen molar-refractivity contribution in [1.29, 1.82) is 0 Å². The van der Waals surface area contributed by atoms with E-state index in [2.05, 4.69) is 15.9 Å². The molecule has 0 saturated heterocycles. The number of hydrogen-bond acceptors (Lipinski definition) is 1. The highest BCUT2D eigenvalue weighted by Crippen LogP contribution is 2.34.